The van der Waals surface area contributed by atoms with Gasteiger partial charge in [-0.25, -0.2) is 4.98 Å². The highest BCUT2D eigenvalue weighted by atomic mass is 35.5. The number of carbonyl (C=O) groups is 4. The number of aromatic nitrogens is 1. The number of thiazole rings is 1. The fourth-order valence-corrected chi connectivity index (χ4v) is 3.99. The standard InChI is InChI=1S/C13H15ClN6O8S2/c1-15-11(23)9-8(12(24)20(9)30(25,26)27)18-10(22)7(19-28-2)5-4-29-13(16-5)17-6(21)3-14/h4,8-9H,3H2,1-2H3,(H,15,23)(H,18,22)(H,16,17,21)(H,25,26,27). The molecule has 1 aromatic rings. The highest BCUT2D eigenvalue weighted by Crippen LogP contribution is 2.24. The lowest BCUT2D eigenvalue weighted by molar-refractivity contribution is -0.151. The summed E-state index contributed by atoms with van der Waals surface area (Å²) in [5.41, 5.74) is -0.465. The van der Waals surface area contributed by atoms with Crippen LogP contribution >= 0.6 is 22.9 Å². The van der Waals surface area contributed by atoms with E-state index >= 15 is 0 Å². The number of nitrogens with zero attached hydrogens (tertiary/aromatic N) is 3. The average Bonchev–Trinajstić information content (AvgIpc) is 3.13. The third kappa shape index (κ3) is 4.84. The number of hydrogen-bond acceptors (Lipinski definition) is 10. The molecule has 1 aliphatic heterocycles. The molecule has 0 spiro atoms. The zero-order chi connectivity index (χ0) is 22.6. The van der Waals surface area contributed by atoms with Crippen molar-refractivity contribution in [1.29, 1.82) is 0 Å². The van der Waals surface area contributed by atoms with Gasteiger partial charge in [-0.2, -0.15) is 12.7 Å². The molecule has 2 heterocycles. The molecule has 2 unspecified atom stereocenters. The number of rotatable bonds is 8. The van der Waals surface area contributed by atoms with E-state index in [1.165, 1.54) is 12.4 Å². The predicted octanol–water partition coefficient (Wildman–Crippen LogP) is -2.08. The molecular formula is C13H15ClN6O8S2. The van der Waals surface area contributed by atoms with Crippen molar-refractivity contribution < 1.29 is 37.0 Å². The minimum absolute atomic E-state index is 0.0425. The largest absolute Gasteiger partial charge is 0.398 e. The molecule has 0 aliphatic carbocycles. The predicted molar refractivity (Wildman–Crippen MR) is 103 cm³/mol. The van der Waals surface area contributed by atoms with E-state index in [2.05, 4.69) is 30.9 Å². The number of likely N-dealkylation sites (N-methyl/N-ethyl adjacent to an activating group) is 1. The summed E-state index contributed by atoms with van der Waals surface area (Å²) in [7, 11) is -2.71. The van der Waals surface area contributed by atoms with E-state index in [9.17, 15) is 27.6 Å². The highest BCUT2D eigenvalue weighted by molar-refractivity contribution is 7.84. The Bertz CT molecular complexity index is 1010. The number of halogens is 1. The maximum atomic E-state index is 12.6. The van der Waals surface area contributed by atoms with E-state index in [-0.39, 0.29) is 21.0 Å². The molecule has 0 bridgehead atoms. The van der Waals surface area contributed by atoms with Crippen molar-refractivity contribution in [2.75, 3.05) is 25.4 Å². The molecule has 2 atom stereocenters. The second-order valence-corrected chi connectivity index (χ2v) is 7.88. The van der Waals surface area contributed by atoms with E-state index < -0.39 is 51.7 Å². The number of nitrogens with one attached hydrogen (secondary N) is 3. The molecule has 1 aromatic heterocycles. The van der Waals surface area contributed by atoms with Gasteiger partial charge in [-0.15, -0.1) is 22.9 Å². The van der Waals surface area contributed by atoms with Crippen LogP contribution in [0.4, 0.5) is 5.13 Å². The van der Waals surface area contributed by atoms with Crippen LogP contribution in [0.15, 0.2) is 10.5 Å². The minimum atomic E-state index is -5.03. The van der Waals surface area contributed by atoms with Crippen LogP contribution in [-0.4, -0.2) is 83.7 Å². The minimum Gasteiger partial charge on any atom is -0.398 e. The van der Waals surface area contributed by atoms with Gasteiger partial charge in [-0.1, -0.05) is 5.16 Å². The molecule has 4 amide bonds. The Labute approximate surface area is 178 Å². The van der Waals surface area contributed by atoms with Crippen LogP contribution in [0.1, 0.15) is 5.69 Å². The van der Waals surface area contributed by atoms with Crippen LogP contribution in [0.5, 0.6) is 0 Å². The normalized spacial score (nSPS) is 19.0. The first-order valence-corrected chi connectivity index (χ1v) is 10.6. The zero-order valence-electron chi connectivity index (χ0n) is 15.3. The smallest absolute Gasteiger partial charge is 0.363 e. The quantitative estimate of drug-likeness (QED) is 0.105. The van der Waals surface area contributed by atoms with Gasteiger partial charge < -0.3 is 20.8 Å². The second kappa shape index (κ2) is 9.33. The van der Waals surface area contributed by atoms with Gasteiger partial charge in [-0.3, -0.25) is 23.7 Å². The van der Waals surface area contributed by atoms with E-state index in [1.807, 2.05) is 0 Å². The van der Waals surface area contributed by atoms with Crippen LogP contribution in [0.3, 0.4) is 0 Å². The van der Waals surface area contributed by atoms with Crippen LogP contribution in [0.25, 0.3) is 0 Å². The summed E-state index contributed by atoms with van der Waals surface area (Å²) >= 11 is 6.33. The molecule has 0 saturated carbocycles. The Morgan fingerprint density at radius 3 is 2.63 bits per heavy atom. The zero-order valence-corrected chi connectivity index (χ0v) is 17.7. The van der Waals surface area contributed by atoms with Crippen LogP contribution < -0.4 is 16.0 Å². The fourth-order valence-electron chi connectivity index (χ4n) is 2.36. The number of oxime groups is 1. The maximum Gasteiger partial charge on any atom is 0.363 e. The van der Waals surface area contributed by atoms with Gasteiger partial charge in [0.05, 0.1) is 0 Å². The molecule has 0 aromatic carbocycles. The van der Waals surface area contributed by atoms with Gasteiger partial charge in [0.15, 0.2) is 16.9 Å². The van der Waals surface area contributed by atoms with Gasteiger partial charge in [0.2, 0.25) is 11.8 Å². The number of carbonyl (C=O) groups excluding carboxylic acids is 4. The molecule has 2 rings (SSSR count). The van der Waals surface area contributed by atoms with Gasteiger partial charge in [0.25, 0.3) is 11.8 Å². The third-order valence-corrected chi connectivity index (χ3v) is 5.52. The van der Waals surface area contributed by atoms with E-state index in [4.69, 9.17) is 16.2 Å². The Kier molecular flexibility index (Phi) is 7.30. The van der Waals surface area contributed by atoms with Crippen LogP contribution in [-0.2, 0) is 34.3 Å². The lowest BCUT2D eigenvalue weighted by Crippen LogP contribution is -2.75. The molecule has 1 fully saturated rings. The summed E-state index contributed by atoms with van der Waals surface area (Å²) in [6.07, 6.45) is 0. The average molecular weight is 483 g/mol. The Balaban J connectivity index is 2.25. The first-order valence-electron chi connectivity index (χ1n) is 7.81. The molecular weight excluding hydrogens is 468 g/mol. The summed E-state index contributed by atoms with van der Waals surface area (Å²) < 4.78 is 31.7. The summed E-state index contributed by atoms with van der Waals surface area (Å²) in [6, 6.07) is -3.31. The third-order valence-electron chi connectivity index (χ3n) is 3.61. The van der Waals surface area contributed by atoms with Crippen LogP contribution in [0, 0.1) is 0 Å². The second-order valence-electron chi connectivity index (χ2n) is 5.46. The van der Waals surface area contributed by atoms with Gasteiger partial charge in [0, 0.05) is 12.4 Å². The Morgan fingerprint density at radius 1 is 1.43 bits per heavy atom. The highest BCUT2D eigenvalue weighted by Gasteiger charge is 2.57. The summed E-state index contributed by atoms with van der Waals surface area (Å²) in [4.78, 5) is 56.5. The first kappa shape index (κ1) is 23.5. The number of amides is 4. The van der Waals surface area contributed by atoms with Crippen molar-refractivity contribution in [2.45, 2.75) is 12.1 Å². The van der Waals surface area contributed by atoms with Gasteiger partial charge >= 0.3 is 10.3 Å². The molecule has 17 heteroatoms. The SMILES string of the molecule is CNC(=O)C1C(NC(=O)C(=NOC)c2csc(NC(=O)CCl)n2)C(=O)N1S(=O)(=O)O. The maximum absolute atomic E-state index is 12.6. The van der Waals surface area contributed by atoms with Crippen molar-refractivity contribution in [3.63, 3.8) is 0 Å². The molecule has 4 N–H and O–H groups in total. The van der Waals surface area contributed by atoms with E-state index in [0.29, 0.717) is 0 Å². The number of β-lactam (4-membered cyclic amide) rings is 1. The van der Waals surface area contributed by atoms with E-state index in [0.717, 1.165) is 18.4 Å². The van der Waals surface area contributed by atoms with E-state index in [1.54, 1.807) is 0 Å². The Hall–Kier alpha value is -2.82. The molecule has 1 aliphatic rings. The van der Waals surface area contributed by atoms with Crippen molar-refractivity contribution >= 4 is 67.7 Å². The Morgan fingerprint density at radius 2 is 2.10 bits per heavy atom. The van der Waals surface area contributed by atoms with Gasteiger partial charge in [0.1, 0.15) is 24.7 Å². The monoisotopic (exact) mass is 482 g/mol. The summed E-state index contributed by atoms with van der Waals surface area (Å²) in [6.45, 7) is 0. The molecule has 14 nitrogen and oxygen atoms in total. The van der Waals surface area contributed by atoms with Crippen molar-refractivity contribution in [3.8, 4) is 0 Å². The summed E-state index contributed by atoms with van der Waals surface area (Å²) in [5.74, 6) is -4.05. The van der Waals surface area contributed by atoms with Crippen LogP contribution in [0.2, 0.25) is 0 Å². The first-order chi connectivity index (χ1) is 14.0. The van der Waals surface area contributed by atoms with Crippen molar-refractivity contribution in [2.24, 2.45) is 5.16 Å². The number of alkyl halides is 1. The number of anilines is 1. The fraction of sp³-hybridized carbons (Fsp3) is 0.385. The van der Waals surface area contributed by atoms with Crippen molar-refractivity contribution in [1.82, 2.24) is 19.9 Å². The molecule has 1 saturated heterocycles. The lowest BCUT2D eigenvalue weighted by Gasteiger charge is -2.42. The molecule has 30 heavy (non-hydrogen) atoms. The molecule has 0 radical (unpaired) electrons. The topological polar surface area (TPSA) is 196 Å². The van der Waals surface area contributed by atoms with Gasteiger partial charge in [-0.05, 0) is 0 Å². The number of hydrogen-bond donors (Lipinski definition) is 4. The lowest BCUT2D eigenvalue weighted by atomic mass is 9.97. The van der Waals surface area contributed by atoms with Crippen molar-refractivity contribution in [3.05, 3.63) is 11.1 Å². The summed E-state index contributed by atoms with van der Waals surface area (Å²) in [5, 5.41) is 11.6. The molecule has 164 valence electrons.